The van der Waals surface area contributed by atoms with Gasteiger partial charge in [0.15, 0.2) is 6.10 Å². The van der Waals surface area contributed by atoms with E-state index in [1.165, 1.54) is 51.4 Å². The van der Waals surface area contributed by atoms with Crippen molar-refractivity contribution in [3.63, 3.8) is 0 Å². The molecule has 60 heavy (non-hydrogen) atoms. The van der Waals surface area contributed by atoms with Gasteiger partial charge in [0.05, 0.1) is 6.61 Å². The molecule has 0 saturated heterocycles. The van der Waals surface area contributed by atoms with Gasteiger partial charge in [-0.1, -0.05) is 201 Å². The Kier molecular flexibility index (Phi) is 47.1. The largest absolute Gasteiger partial charge is 0.462 e. The second kappa shape index (κ2) is 49.9. The number of esters is 2. The van der Waals surface area contributed by atoms with Crippen LogP contribution in [0.15, 0.2) is 109 Å². The predicted octanol–water partition coefficient (Wildman–Crippen LogP) is 16.4. The Morgan fingerprint density at radius 1 is 0.383 bits per heavy atom. The molecule has 0 aliphatic heterocycles. The standard InChI is InChI=1S/C55H90O5/c1-4-7-10-13-16-18-20-22-24-26-27-28-30-32-34-36-38-41-44-47-50-58-51-53(60-55(57)49-46-43-39-15-12-9-6-3)52-59-54(56)48-45-42-40-37-35-33-31-29-25-23-21-19-17-14-11-8-5-2/h7-8,10-11,16-19,22-25,27-28,32,34,38,41,53H,4-6,9,12-15,20-21,26,29-31,33,35-37,39-40,42-52H2,1-3H3/b10-7-,11-8-,18-16-,19-17-,24-22-,25-23-,28-27-,34-32-,41-38-. The van der Waals surface area contributed by atoms with Crippen LogP contribution in [-0.2, 0) is 23.8 Å². The highest BCUT2D eigenvalue weighted by atomic mass is 16.6. The van der Waals surface area contributed by atoms with E-state index in [1.807, 2.05) is 0 Å². The highest BCUT2D eigenvalue weighted by Gasteiger charge is 2.17. The lowest BCUT2D eigenvalue weighted by Gasteiger charge is -2.18. The monoisotopic (exact) mass is 831 g/mol. The Morgan fingerprint density at radius 2 is 0.750 bits per heavy atom. The molecule has 0 N–H and O–H groups in total. The molecule has 0 aliphatic carbocycles. The van der Waals surface area contributed by atoms with E-state index in [1.54, 1.807) is 0 Å². The molecular formula is C55H90O5. The summed E-state index contributed by atoms with van der Waals surface area (Å²) in [5.74, 6) is -0.453. The van der Waals surface area contributed by atoms with Gasteiger partial charge in [0.2, 0.25) is 0 Å². The number of ether oxygens (including phenoxy) is 3. The van der Waals surface area contributed by atoms with Gasteiger partial charge in [0.25, 0.3) is 0 Å². The molecule has 1 unspecified atom stereocenters. The highest BCUT2D eigenvalue weighted by molar-refractivity contribution is 5.70. The lowest BCUT2D eigenvalue weighted by Crippen LogP contribution is -2.30. The van der Waals surface area contributed by atoms with Gasteiger partial charge in [0.1, 0.15) is 6.61 Å². The molecule has 0 aliphatic rings. The van der Waals surface area contributed by atoms with Crippen molar-refractivity contribution in [1.82, 2.24) is 0 Å². The first-order chi connectivity index (χ1) is 29.6. The zero-order chi connectivity index (χ0) is 43.5. The van der Waals surface area contributed by atoms with Crippen molar-refractivity contribution in [3.05, 3.63) is 109 Å². The SMILES string of the molecule is CC/C=C\C/C=C\C/C=C\C/C=C\C/C=C\C/C=C\CCCOCC(COC(=O)CCCCCCCCC/C=C\C/C=C\C/C=C\CC)OC(=O)CCCCCCCCC. The fraction of sp³-hybridized carbons (Fsp3) is 0.636. The zero-order valence-electron chi connectivity index (χ0n) is 38.9. The molecular weight excluding hydrogens is 741 g/mol. The van der Waals surface area contributed by atoms with Gasteiger partial charge >= 0.3 is 11.9 Å². The molecule has 0 fully saturated rings. The van der Waals surface area contributed by atoms with Crippen molar-refractivity contribution in [2.24, 2.45) is 0 Å². The summed E-state index contributed by atoms with van der Waals surface area (Å²) in [5, 5.41) is 0. The van der Waals surface area contributed by atoms with Crippen LogP contribution in [0.1, 0.15) is 201 Å². The van der Waals surface area contributed by atoms with Crippen molar-refractivity contribution in [2.75, 3.05) is 19.8 Å². The van der Waals surface area contributed by atoms with Crippen LogP contribution in [0.5, 0.6) is 0 Å². The van der Waals surface area contributed by atoms with E-state index in [0.29, 0.717) is 19.4 Å². The maximum atomic E-state index is 12.7. The molecule has 5 nitrogen and oxygen atoms in total. The van der Waals surface area contributed by atoms with Crippen LogP contribution in [0.25, 0.3) is 0 Å². The second-order valence-electron chi connectivity index (χ2n) is 15.6. The van der Waals surface area contributed by atoms with Crippen molar-refractivity contribution in [3.8, 4) is 0 Å². The molecule has 0 spiro atoms. The van der Waals surface area contributed by atoms with Crippen LogP contribution < -0.4 is 0 Å². The molecule has 340 valence electrons. The Morgan fingerprint density at radius 3 is 1.20 bits per heavy atom. The molecule has 0 amide bonds. The minimum absolute atomic E-state index is 0.0514. The topological polar surface area (TPSA) is 61.8 Å². The van der Waals surface area contributed by atoms with Crippen LogP contribution in [0.4, 0.5) is 0 Å². The molecule has 0 rings (SSSR count). The van der Waals surface area contributed by atoms with Crippen LogP contribution in [-0.4, -0.2) is 37.9 Å². The van der Waals surface area contributed by atoms with Crippen molar-refractivity contribution in [1.29, 1.82) is 0 Å². The Hall–Kier alpha value is -3.44. The molecule has 0 bridgehead atoms. The highest BCUT2D eigenvalue weighted by Crippen LogP contribution is 2.13. The second-order valence-corrected chi connectivity index (χ2v) is 15.6. The molecule has 0 heterocycles. The predicted molar refractivity (Wildman–Crippen MR) is 260 cm³/mol. The Bertz CT molecular complexity index is 1210. The molecule has 1 atom stereocenters. The number of hydrogen-bond acceptors (Lipinski definition) is 5. The Balaban J connectivity index is 4.27. The Labute approximate surface area is 370 Å². The van der Waals surface area contributed by atoms with Gasteiger partial charge in [-0.05, 0) is 96.3 Å². The summed E-state index contributed by atoms with van der Waals surface area (Å²) in [6.07, 6.45) is 68.3. The maximum Gasteiger partial charge on any atom is 0.306 e. The summed E-state index contributed by atoms with van der Waals surface area (Å²) in [7, 11) is 0. The third-order valence-electron chi connectivity index (χ3n) is 9.80. The van der Waals surface area contributed by atoms with Crippen LogP contribution in [0.2, 0.25) is 0 Å². The summed E-state index contributed by atoms with van der Waals surface area (Å²) in [4.78, 5) is 25.2. The molecule has 0 radical (unpaired) electrons. The number of unbranched alkanes of at least 4 members (excludes halogenated alkanes) is 14. The van der Waals surface area contributed by atoms with Gasteiger partial charge in [0, 0.05) is 19.4 Å². The van der Waals surface area contributed by atoms with Crippen molar-refractivity contribution in [2.45, 2.75) is 207 Å². The van der Waals surface area contributed by atoms with E-state index in [2.05, 4.69) is 130 Å². The first-order valence-corrected chi connectivity index (χ1v) is 24.4. The third kappa shape index (κ3) is 47.2. The van der Waals surface area contributed by atoms with Crippen molar-refractivity contribution < 1.29 is 23.8 Å². The van der Waals surface area contributed by atoms with E-state index >= 15 is 0 Å². The fourth-order valence-electron chi connectivity index (χ4n) is 6.25. The van der Waals surface area contributed by atoms with Gasteiger partial charge in [-0.15, -0.1) is 0 Å². The van der Waals surface area contributed by atoms with Crippen LogP contribution in [0.3, 0.4) is 0 Å². The maximum absolute atomic E-state index is 12.7. The average Bonchev–Trinajstić information content (AvgIpc) is 3.25. The van der Waals surface area contributed by atoms with Gasteiger partial charge in [-0.3, -0.25) is 9.59 Å². The number of carbonyl (C=O) groups is 2. The molecule has 0 aromatic heterocycles. The summed E-state index contributed by atoms with van der Waals surface area (Å²) < 4.78 is 17.2. The fourth-order valence-corrected chi connectivity index (χ4v) is 6.25. The van der Waals surface area contributed by atoms with E-state index in [4.69, 9.17) is 14.2 Å². The van der Waals surface area contributed by atoms with Crippen LogP contribution in [0, 0.1) is 0 Å². The summed E-state index contributed by atoms with van der Waals surface area (Å²) in [6, 6.07) is 0. The summed E-state index contributed by atoms with van der Waals surface area (Å²) in [6.45, 7) is 7.40. The van der Waals surface area contributed by atoms with E-state index in [0.717, 1.165) is 116 Å². The lowest BCUT2D eigenvalue weighted by atomic mass is 10.1. The normalized spacial score (nSPS) is 13.2. The minimum atomic E-state index is -0.573. The zero-order valence-corrected chi connectivity index (χ0v) is 38.9. The lowest BCUT2D eigenvalue weighted by molar-refractivity contribution is -0.163. The number of rotatable bonds is 43. The third-order valence-corrected chi connectivity index (χ3v) is 9.80. The minimum Gasteiger partial charge on any atom is -0.462 e. The average molecular weight is 831 g/mol. The summed E-state index contributed by atoms with van der Waals surface area (Å²) in [5.41, 5.74) is 0. The number of allylic oxidation sites excluding steroid dienone is 18. The van der Waals surface area contributed by atoms with Crippen molar-refractivity contribution >= 4 is 11.9 Å². The van der Waals surface area contributed by atoms with E-state index in [-0.39, 0.29) is 25.2 Å². The smallest absolute Gasteiger partial charge is 0.306 e. The quantitative estimate of drug-likeness (QED) is 0.0348. The number of carbonyl (C=O) groups excluding carboxylic acids is 2. The molecule has 0 aromatic carbocycles. The summed E-state index contributed by atoms with van der Waals surface area (Å²) >= 11 is 0. The van der Waals surface area contributed by atoms with E-state index in [9.17, 15) is 9.59 Å². The van der Waals surface area contributed by atoms with Gasteiger partial charge in [-0.2, -0.15) is 0 Å². The molecule has 5 heteroatoms. The van der Waals surface area contributed by atoms with E-state index < -0.39 is 6.10 Å². The first-order valence-electron chi connectivity index (χ1n) is 24.4. The van der Waals surface area contributed by atoms with Gasteiger partial charge < -0.3 is 14.2 Å². The number of hydrogen-bond donors (Lipinski definition) is 0. The molecule has 0 saturated carbocycles. The van der Waals surface area contributed by atoms with Crippen LogP contribution >= 0.6 is 0 Å². The molecule has 0 aromatic rings. The van der Waals surface area contributed by atoms with Gasteiger partial charge in [-0.25, -0.2) is 0 Å². The first kappa shape index (κ1) is 56.6.